The van der Waals surface area contributed by atoms with Gasteiger partial charge in [0.05, 0.1) is 11.9 Å². The fourth-order valence-corrected chi connectivity index (χ4v) is 1.58. The van der Waals surface area contributed by atoms with Crippen molar-refractivity contribution in [1.29, 1.82) is 0 Å². The first kappa shape index (κ1) is 23.0. The van der Waals surface area contributed by atoms with Crippen molar-refractivity contribution in [3.8, 4) is 0 Å². The Bertz CT molecular complexity index is 567. The standard InChI is InChI=1S/C9H16N4O.C7H8.C4H10.H2/c1-3-9(14)7-13-6-8(11-12-13)5-10-4-2;1-7-5-3-2-4-6-7;1-4(2)3;/h6,10H,3-5,7H2,1-2H3;2-6H,1H3;4H,1-3H3;1H. The van der Waals surface area contributed by atoms with Crippen LogP contribution >= 0.6 is 0 Å². The second-order valence-electron chi connectivity index (χ2n) is 6.47. The van der Waals surface area contributed by atoms with Crippen LogP contribution in [0.4, 0.5) is 0 Å². The Morgan fingerprint density at radius 1 is 1.20 bits per heavy atom. The number of benzene rings is 1. The lowest BCUT2D eigenvalue weighted by molar-refractivity contribution is -0.119. The van der Waals surface area contributed by atoms with Crippen molar-refractivity contribution in [1.82, 2.24) is 20.3 Å². The third-order valence-corrected chi connectivity index (χ3v) is 2.82. The molecule has 0 saturated carbocycles. The molecule has 0 saturated heterocycles. The fraction of sp³-hybridized carbons (Fsp3) is 0.550. The number of carbonyl (C=O) groups excluding carboxylic acids is 1. The van der Waals surface area contributed by atoms with Crippen LogP contribution in [0.5, 0.6) is 0 Å². The van der Waals surface area contributed by atoms with Crippen LogP contribution in [0.15, 0.2) is 36.5 Å². The first-order valence-electron chi connectivity index (χ1n) is 9.02. The van der Waals surface area contributed by atoms with Crippen LogP contribution in [-0.4, -0.2) is 27.3 Å². The minimum atomic E-state index is 0. The van der Waals surface area contributed by atoms with Crippen LogP contribution in [0.1, 0.15) is 53.7 Å². The number of aromatic nitrogens is 3. The molecular formula is C20H36N4O. The maximum atomic E-state index is 11.1. The summed E-state index contributed by atoms with van der Waals surface area (Å²) in [6.45, 7) is 14.4. The van der Waals surface area contributed by atoms with Crippen LogP contribution in [0.2, 0.25) is 0 Å². The number of Topliss-reactive ketones (excluding diaryl/α,β-unsaturated/α-hetero) is 1. The van der Waals surface area contributed by atoms with Crippen molar-refractivity contribution < 1.29 is 6.22 Å². The quantitative estimate of drug-likeness (QED) is 0.847. The average Bonchev–Trinajstić information content (AvgIpc) is 3.01. The zero-order valence-corrected chi connectivity index (χ0v) is 16.6. The second-order valence-corrected chi connectivity index (χ2v) is 6.47. The average molecular weight is 349 g/mol. The maximum Gasteiger partial charge on any atom is 0.154 e. The highest BCUT2D eigenvalue weighted by Crippen LogP contribution is 1.94. The third-order valence-electron chi connectivity index (χ3n) is 2.82. The van der Waals surface area contributed by atoms with E-state index < -0.39 is 0 Å². The maximum absolute atomic E-state index is 11.1. The minimum Gasteiger partial charge on any atom is -0.311 e. The Labute approximate surface area is 154 Å². The Kier molecular flexibility index (Phi) is 13.2. The summed E-state index contributed by atoms with van der Waals surface area (Å²) in [6, 6.07) is 10.3. The Morgan fingerprint density at radius 3 is 2.24 bits per heavy atom. The van der Waals surface area contributed by atoms with Crippen molar-refractivity contribution in [3.05, 3.63) is 47.8 Å². The zero-order chi connectivity index (χ0) is 19.1. The summed E-state index contributed by atoms with van der Waals surface area (Å²) in [5.74, 6) is 1.00. The van der Waals surface area contributed by atoms with E-state index in [9.17, 15) is 4.79 Å². The lowest BCUT2D eigenvalue weighted by Crippen LogP contribution is -2.12. The molecule has 0 spiro atoms. The van der Waals surface area contributed by atoms with Gasteiger partial charge >= 0.3 is 0 Å². The summed E-state index contributed by atoms with van der Waals surface area (Å²) in [7, 11) is 0. The third kappa shape index (κ3) is 14.1. The normalized spacial score (nSPS) is 9.72. The second kappa shape index (κ2) is 14.3. The van der Waals surface area contributed by atoms with Gasteiger partial charge < -0.3 is 5.32 Å². The van der Waals surface area contributed by atoms with E-state index in [0.29, 0.717) is 19.5 Å². The molecule has 2 aromatic rings. The zero-order valence-electron chi connectivity index (χ0n) is 16.6. The van der Waals surface area contributed by atoms with Gasteiger partial charge in [0.1, 0.15) is 6.54 Å². The number of aryl methyl sites for hydroxylation is 1. The van der Waals surface area contributed by atoms with Crippen molar-refractivity contribution in [3.63, 3.8) is 0 Å². The Balaban J connectivity index is 0. The van der Waals surface area contributed by atoms with E-state index in [-0.39, 0.29) is 7.21 Å². The van der Waals surface area contributed by atoms with Crippen LogP contribution < -0.4 is 5.32 Å². The van der Waals surface area contributed by atoms with E-state index in [2.05, 4.69) is 55.5 Å². The molecule has 0 unspecified atom stereocenters. The summed E-state index contributed by atoms with van der Waals surface area (Å²) in [5.41, 5.74) is 2.19. The molecule has 0 aliphatic carbocycles. The predicted octanol–water partition coefficient (Wildman–Crippen LogP) is 4.27. The molecule has 0 amide bonds. The summed E-state index contributed by atoms with van der Waals surface area (Å²) in [5, 5.41) is 10.9. The number of rotatable bonds is 6. The first-order chi connectivity index (χ1) is 11.9. The van der Waals surface area contributed by atoms with Crippen molar-refractivity contribution in [2.45, 2.75) is 61.1 Å². The van der Waals surface area contributed by atoms with Gasteiger partial charge in [0.15, 0.2) is 5.78 Å². The molecule has 0 radical (unpaired) electrons. The van der Waals surface area contributed by atoms with Crippen molar-refractivity contribution in [2.24, 2.45) is 5.92 Å². The van der Waals surface area contributed by atoms with Gasteiger partial charge in [-0.3, -0.25) is 4.79 Å². The molecule has 1 aromatic carbocycles. The largest absolute Gasteiger partial charge is 0.311 e. The van der Waals surface area contributed by atoms with Gasteiger partial charge in [0, 0.05) is 14.4 Å². The molecule has 0 bridgehead atoms. The molecule has 0 fully saturated rings. The predicted molar refractivity (Wildman–Crippen MR) is 107 cm³/mol. The van der Waals surface area contributed by atoms with Gasteiger partial charge in [-0.15, -0.1) is 5.10 Å². The molecular weight excluding hydrogens is 312 g/mol. The van der Waals surface area contributed by atoms with Gasteiger partial charge in [0.2, 0.25) is 0 Å². The fourth-order valence-electron chi connectivity index (χ4n) is 1.58. The Morgan fingerprint density at radius 2 is 1.80 bits per heavy atom. The van der Waals surface area contributed by atoms with E-state index in [1.54, 1.807) is 10.9 Å². The van der Waals surface area contributed by atoms with Crippen LogP contribution in [0.3, 0.4) is 0 Å². The highest BCUT2D eigenvalue weighted by atomic mass is 16.1. The number of nitrogens with one attached hydrogen (secondary N) is 1. The number of hydrogen-bond donors (Lipinski definition) is 1. The van der Waals surface area contributed by atoms with Gasteiger partial charge in [-0.25, -0.2) is 4.68 Å². The van der Waals surface area contributed by atoms with Crippen molar-refractivity contribution >= 4 is 5.78 Å². The van der Waals surface area contributed by atoms with E-state index >= 15 is 0 Å². The highest BCUT2D eigenvalue weighted by Gasteiger charge is 2.03. The number of hydrogen-bond acceptors (Lipinski definition) is 4. The summed E-state index contributed by atoms with van der Waals surface area (Å²) < 4.78 is 1.58. The van der Waals surface area contributed by atoms with Crippen LogP contribution in [0.25, 0.3) is 0 Å². The Hall–Kier alpha value is -2.01. The van der Waals surface area contributed by atoms with E-state index in [0.717, 1.165) is 18.2 Å². The minimum absolute atomic E-state index is 0. The van der Waals surface area contributed by atoms with Gasteiger partial charge in [-0.05, 0) is 19.4 Å². The molecule has 1 heterocycles. The van der Waals surface area contributed by atoms with Crippen LogP contribution in [0, 0.1) is 12.8 Å². The lowest BCUT2D eigenvalue weighted by Gasteiger charge is -1.96. The van der Waals surface area contributed by atoms with Gasteiger partial charge in [0.25, 0.3) is 0 Å². The molecule has 142 valence electrons. The molecule has 0 atom stereocenters. The SMILES string of the molecule is CC(C)C.CCNCc1cn(CC(=O)CC)nn1.Cc1ccccc1.[HH]. The smallest absolute Gasteiger partial charge is 0.154 e. The molecule has 1 aromatic heterocycles. The topological polar surface area (TPSA) is 59.8 Å². The number of ketones is 1. The van der Waals surface area contributed by atoms with E-state index in [4.69, 9.17) is 0 Å². The van der Waals surface area contributed by atoms with E-state index in [1.165, 1.54) is 5.56 Å². The molecule has 25 heavy (non-hydrogen) atoms. The molecule has 0 aliphatic heterocycles. The molecule has 1 N–H and O–H groups in total. The number of carbonyl (C=O) groups is 1. The highest BCUT2D eigenvalue weighted by molar-refractivity contribution is 5.77. The first-order valence-corrected chi connectivity index (χ1v) is 9.02. The number of nitrogens with zero attached hydrogens (tertiary/aromatic N) is 3. The monoisotopic (exact) mass is 348 g/mol. The summed E-state index contributed by atoms with van der Waals surface area (Å²) >= 11 is 0. The summed E-state index contributed by atoms with van der Waals surface area (Å²) in [4.78, 5) is 11.1. The molecule has 5 heteroatoms. The van der Waals surface area contributed by atoms with E-state index in [1.807, 2.05) is 32.0 Å². The van der Waals surface area contributed by atoms with Gasteiger partial charge in [-0.1, -0.05) is 75.7 Å². The van der Waals surface area contributed by atoms with Gasteiger partial charge in [-0.2, -0.15) is 0 Å². The molecule has 0 aliphatic rings. The van der Waals surface area contributed by atoms with Crippen molar-refractivity contribution in [2.75, 3.05) is 6.54 Å². The lowest BCUT2D eigenvalue weighted by atomic mass is 10.2. The molecule has 2 rings (SSSR count). The summed E-state index contributed by atoms with van der Waals surface area (Å²) in [6.07, 6.45) is 2.35. The van der Waals surface area contributed by atoms with Crippen LogP contribution in [-0.2, 0) is 17.9 Å². The molecule has 5 nitrogen and oxygen atoms in total.